The van der Waals surface area contributed by atoms with E-state index in [4.69, 9.17) is 23.2 Å². The van der Waals surface area contributed by atoms with Crippen molar-refractivity contribution in [2.75, 3.05) is 17.3 Å². The Hall–Kier alpha value is -0.840. The van der Waals surface area contributed by atoms with E-state index < -0.39 is 22.0 Å². The highest BCUT2D eigenvalue weighted by molar-refractivity contribution is 7.98. The topological polar surface area (TPSA) is 88.2 Å². The molecular formula is C16H19Cl2N3O3S3. The summed E-state index contributed by atoms with van der Waals surface area (Å²) in [6, 6.07) is 3.05. The molecule has 2 rings (SSSR count). The normalized spacial score (nSPS) is 12.8. The minimum atomic E-state index is -3.95. The van der Waals surface area contributed by atoms with Crippen molar-refractivity contribution < 1.29 is 13.2 Å². The van der Waals surface area contributed by atoms with Gasteiger partial charge in [-0.3, -0.25) is 4.79 Å². The highest BCUT2D eigenvalue weighted by Crippen LogP contribution is 2.25. The fraction of sp³-hybridized carbons (Fsp3) is 0.375. The molecule has 0 bridgehead atoms. The third kappa shape index (κ3) is 6.07. The molecule has 0 saturated carbocycles. The number of anilines is 1. The summed E-state index contributed by atoms with van der Waals surface area (Å²) in [6.45, 7) is 3.75. The molecule has 1 atom stereocenters. The van der Waals surface area contributed by atoms with Crippen LogP contribution >= 0.6 is 46.3 Å². The molecular weight excluding hydrogens is 449 g/mol. The van der Waals surface area contributed by atoms with Gasteiger partial charge in [-0.25, -0.2) is 13.4 Å². The second kappa shape index (κ2) is 9.58. The Morgan fingerprint density at radius 2 is 2.00 bits per heavy atom. The van der Waals surface area contributed by atoms with Gasteiger partial charge in [0.2, 0.25) is 15.9 Å². The molecule has 27 heavy (non-hydrogen) atoms. The van der Waals surface area contributed by atoms with Crippen LogP contribution in [-0.2, 0) is 14.8 Å². The minimum absolute atomic E-state index is 0.0558. The molecule has 0 fully saturated rings. The van der Waals surface area contributed by atoms with E-state index >= 15 is 0 Å². The quantitative estimate of drug-likeness (QED) is 0.609. The largest absolute Gasteiger partial charge is 0.301 e. The monoisotopic (exact) mass is 467 g/mol. The van der Waals surface area contributed by atoms with Gasteiger partial charge in [-0.05, 0) is 50.5 Å². The van der Waals surface area contributed by atoms with Crippen LogP contribution in [0.5, 0.6) is 0 Å². The second-order valence-electron chi connectivity index (χ2n) is 5.68. The number of carbonyl (C=O) groups is 1. The Morgan fingerprint density at radius 3 is 2.56 bits per heavy atom. The molecule has 0 aliphatic heterocycles. The Labute approximate surface area is 177 Å². The molecule has 0 spiro atoms. The lowest BCUT2D eigenvalue weighted by atomic mass is 10.2. The van der Waals surface area contributed by atoms with Crippen LogP contribution in [-0.4, -0.2) is 37.4 Å². The Morgan fingerprint density at radius 1 is 1.30 bits per heavy atom. The Balaban J connectivity index is 2.21. The molecule has 0 radical (unpaired) electrons. The molecule has 0 aliphatic carbocycles. The fourth-order valence-corrected chi connectivity index (χ4v) is 5.00. The number of aryl methyl sites for hydroxylation is 2. The van der Waals surface area contributed by atoms with Crippen molar-refractivity contribution >= 4 is 67.4 Å². The van der Waals surface area contributed by atoms with Crippen molar-refractivity contribution in [2.24, 2.45) is 0 Å². The van der Waals surface area contributed by atoms with Crippen LogP contribution in [0.4, 0.5) is 5.13 Å². The van der Waals surface area contributed by atoms with E-state index in [2.05, 4.69) is 15.0 Å². The van der Waals surface area contributed by atoms with Gasteiger partial charge in [0.05, 0.1) is 20.6 Å². The molecule has 11 heteroatoms. The number of amides is 1. The summed E-state index contributed by atoms with van der Waals surface area (Å²) in [5.74, 6) is 0.152. The van der Waals surface area contributed by atoms with Crippen LogP contribution in [0.1, 0.15) is 17.0 Å². The van der Waals surface area contributed by atoms with Crippen LogP contribution in [0.25, 0.3) is 0 Å². The average molecular weight is 468 g/mol. The second-order valence-corrected chi connectivity index (χ2v) is 10.4. The first-order chi connectivity index (χ1) is 12.6. The zero-order valence-electron chi connectivity index (χ0n) is 14.9. The molecule has 0 aliphatic rings. The zero-order valence-corrected chi connectivity index (χ0v) is 18.8. The summed E-state index contributed by atoms with van der Waals surface area (Å²) < 4.78 is 27.8. The van der Waals surface area contributed by atoms with Crippen molar-refractivity contribution in [2.45, 2.75) is 31.2 Å². The third-order valence-electron chi connectivity index (χ3n) is 3.68. The number of nitrogens with zero attached hydrogens (tertiary/aromatic N) is 1. The maximum absolute atomic E-state index is 12.7. The Kier molecular flexibility index (Phi) is 7.96. The first-order valence-electron chi connectivity index (χ1n) is 7.85. The molecule has 6 nitrogen and oxygen atoms in total. The van der Waals surface area contributed by atoms with Crippen LogP contribution in [0.2, 0.25) is 10.0 Å². The number of benzene rings is 1. The fourth-order valence-electron chi connectivity index (χ4n) is 2.10. The predicted molar refractivity (Wildman–Crippen MR) is 114 cm³/mol. The van der Waals surface area contributed by atoms with Gasteiger partial charge < -0.3 is 5.32 Å². The summed E-state index contributed by atoms with van der Waals surface area (Å²) >= 11 is 14.6. The van der Waals surface area contributed by atoms with Gasteiger partial charge >= 0.3 is 0 Å². The van der Waals surface area contributed by atoms with Crippen LogP contribution < -0.4 is 10.0 Å². The van der Waals surface area contributed by atoms with E-state index in [1.54, 1.807) is 0 Å². The summed E-state index contributed by atoms with van der Waals surface area (Å²) in [5.41, 5.74) is 0.826. The van der Waals surface area contributed by atoms with Crippen molar-refractivity contribution in [3.63, 3.8) is 0 Å². The van der Waals surface area contributed by atoms with Crippen molar-refractivity contribution in [1.29, 1.82) is 0 Å². The van der Waals surface area contributed by atoms with E-state index in [9.17, 15) is 13.2 Å². The number of thiazole rings is 1. The van der Waals surface area contributed by atoms with Gasteiger partial charge in [-0.15, -0.1) is 11.3 Å². The number of thioether (sulfide) groups is 1. The number of hydrogen-bond donors (Lipinski definition) is 2. The molecule has 0 saturated heterocycles. The number of aromatic nitrogens is 1. The highest BCUT2D eigenvalue weighted by Gasteiger charge is 2.26. The number of rotatable bonds is 8. The molecule has 0 unspecified atom stereocenters. The summed E-state index contributed by atoms with van der Waals surface area (Å²) in [4.78, 5) is 17.8. The third-order valence-corrected chi connectivity index (χ3v) is 7.53. The van der Waals surface area contributed by atoms with E-state index in [0.29, 0.717) is 17.3 Å². The molecule has 1 aromatic heterocycles. The number of nitrogens with one attached hydrogen (secondary N) is 2. The lowest BCUT2D eigenvalue weighted by Crippen LogP contribution is -2.44. The highest BCUT2D eigenvalue weighted by atomic mass is 35.5. The summed E-state index contributed by atoms with van der Waals surface area (Å²) in [5, 5.41) is 3.51. The average Bonchev–Trinajstić information content (AvgIpc) is 2.91. The van der Waals surface area contributed by atoms with Crippen LogP contribution in [0.3, 0.4) is 0 Å². The van der Waals surface area contributed by atoms with Gasteiger partial charge in [-0.2, -0.15) is 16.5 Å². The van der Waals surface area contributed by atoms with Crippen molar-refractivity contribution in [1.82, 2.24) is 9.71 Å². The smallest absolute Gasteiger partial charge is 0.244 e. The lowest BCUT2D eigenvalue weighted by Gasteiger charge is -2.17. The molecule has 1 amide bonds. The van der Waals surface area contributed by atoms with Gasteiger partial charge in [0.15, 0.2) is 5.13 Å². The van der Waals surface area contributed by atoms with Crippen molar-refractivity contribution in [3.8, 4) is 0 Å². The maximum Gasteiger partial charge on any atom is 0.244 e. The molecule has 2 aromatic rings. The standard InChI is InChI=1S/C16H19Cl2N3O3S3/c1-9-10(2)26-16(19-9)20-15(22)14(6-7-25-3)21-27(23,24)11-4-5-12(17)13(18)8-11/h4-5,8,14,21H,6-7H2,1-3H3,(H,19,20,22)/t14-/m1/s1. The summed E-state index contributed by atoms with van der Waals surface area (Å²) in [7, 11) is -3.95. The van der Waals surface area contributed by atoms with Gasteiger partial charge in [0.1, 0.15) is 6.04 Å². The first-order valence-corrected chi connectivity index (χ1v) is 12.3. The SMILES string of the molecule is CSCC[C@@H](NS(=O)(=O)c1ccc(Cl)c(Cl)c1)C(=O)Nc1nc(C)c(C)s1. The molecule has 148 valence electrons. The Bertz CT molecular complexity index is 913. The lowest BCUT2D eigenvalue weighted by molar-refractivity contribution is -0.117. The number of carbonyl (C=O) groups excluding carboxylic acids is 1. The number of sulfonamides is 1. The van der Waals surface area contributed by atoms with Gasteiger partial charge in [0, 0.05) is 4.88 Å². The van der Waals surface area contributed by atoms with Gasteiger partial charge in [0.25, 0.3) is 0 Å². The number of halogens is 2. The first kappa shape index (κ1) is 22.4. The molecule has 2 N–H and O–H groups in total. The van der Waals surface area contributed by atoms with E-state index in [1.165, 1.54) is 41.3 Å². The van der Waals surface area contributed by atoms with Gasteiger partial charge in [-0.1, -0.05) is 23.2 Å². The van der Waals surface area contributed by atoms with E-state index in [-0.39, 0.29) is 14.9 Å². The van der Waals surface area contributed by atoms with Crippen LogP contribution in [0.15, 0.2) is 23.1 Å². The minimum Gasteiger partial charge on any atom is -0.301 e. The maximum atomic E-state index is 12.7. The summed E-state index contributed by atoms with van der Waals surface area (Å²) in [6.07, 6.45) is 2.22. The zero-order chi connectivity index (χ0) is 20.2. The van der Waals surface area contributed by atoms with Crippen molar-refractivity contribution in [3.05, 3.63) is 38.8 Å². The molecule has 1 heterocycles. The van der Waals surface area contributed by atoms with E-state index in [0.717, 1.165) is 10.6 Å². The van der Waals surface area contributed by atoms with Crippen LogP contribution in [0, 0.1) is 13.8 Å². The van der Waals surface area contributed by atoms with E-state index in [1.807, 2.05) is 20.1 Å². The number of hydrogen-bond acceptors (Lipinski definition) is 6. The molecule has 1 aromatic carbocycles. The predicted octanol–water partition coefficient (Wildman–Crippen LogP) is 4.11.